The van der Waals surface area contributed by atoms with Crippen LogP contribution in [-0.4, -0.2) is 25.4 Å². The number of nitrogens with two attached hydrogens (primary N) is 1. The highest BCUT2D eigenvalue weighted by Crippen LogP contribution is 2.34. The second-order valence-electron chi connectivity index (χ2n) is 8.91. The first-order valence-electron chi connectivity index (χ1n) is 11.5. The molecule has 2 aromatic carbocycles. The first kappa shape index (κ1) is 24.8. The minimum Gasteiger partial charge on any atom is -0.383 e. The molecule has 0 bridgehead atoms. The Morgan fingerprint density at radius 1 is 1.00 bits per heavy atom. The third-order valence-electron chi connectivity index (χ3n) is 6.14. The van der Waals surface area contributed by atoms with Crippen LogP contribution in [0.5, 0.6) is 0 Å². The number of amides is 1. The van der Waals surface area contributed by atoms with Crippen molar-refractivity contribution in [2.75, 3.05) is 11.1 Å². The van der Waals surface area contributed by atoms with Crippen molar-refractivity contribution in [3.05, 3.63) is 94.6 Å². The molecule has 11 heteroatoms. The molecule has 8 nitrogen and oxygen atoms in total. The van der Waals surface area contributed by atoms with Crippen molar-refractivity contribution in [3.63, 3.8) is 0 Å². The van der Waals surface area contributed by atoms with Gasteiger partial charge in [0.2, 0.25) is 5.43 Å². The van der Waals surface area contributed by atoms with Gasteiger partial charge in [-0.3, -0.25) is 9.59 Å². The fraction of sp³-hybridized carbons (Fsp3) is 0.111. The molecule has 0 spiro atoms. The van der Waals surface area contributed by atoms with Crippen LogP contribution in [0.1, 0.15) is 30.2 Å². The molecule has 0 saturated heterocycles. The smallest absolute Gasteiger partial charge is 0.261 e. The highest BCUT2D eigenvalue weighted by Gasteiger charge is 2.21. The molecule has 5 aromatic rings. The van der Waals surface area contributed by atoms with Gasteiger partial charge in [-0.2, -0.15) is 0 Å². The van der Waals surface area contributed by atoms with Crippen LogP contribution in [0.15, 0.2) is 66.1 Å². The van der Waals surface area contributed by atoms with Gasteiger partial charge in [-0.05, 0) is 37.6 Å². The number of carbonyl (C=O) groups is 1. The molecule has 0 aliphatic rings. The molecule has 5 rings (SSSR count). The Balaban J connectivity index is 1.53. The number of carbonyl (C=O) groups excluding carboxylic acids is 1. The quantitative estimate of drug-likeness (QED) is 0.292. The molecule has 0 fully saturated rings. The number of pyridine rings is 1. The molecule has 0 atom stereocenters. The van der Waals surface area contributed by atoms with Gasteiger partial charge in [0.25, 0.3) is 5.91 Å². The Bertz CT molecular complexity index is 1760. The molecule has 0 aliphatic carbocycles. The van der Waals surface area contributed by atoms with Gasteiger partial charge < -0.3 is 20.6 Å². The van der Waals surface area contributed by atoms with Gasteiger partial charge in [0, 0.05) is 47.4 Å². The fourth-order valence-electron chi connectivity index (χ4n) is 4.13. The molecule has 0 unspecified atom stereocenters. The zero-order valence-corrected chi connectivity index (χ0v) is 20.2. The first-order chi connectivity index (χ1) is 18.1. The number of aromatic amines is 1. The lowest BCUT2D eigenvalue weighted by molar-refractivity contribution is 0.102. The number of rotatable bonds is 5. The summed E-state index contributed by atoms with van der Waals surface area (Å²) >= 11 is 0. The summed E-state index contributed by atoms with van der Waals surface area (Å²) in [6.07, 6.45) is 5.57. The molecule has 3 heterocycles. The van der Waals surface area contributed by atoms with Crippen LogP contribution in [0.4, 0.5) is 24.7 Å². The third kappa shape index (κ3) is 4.38. The number of nitrogen functional groups attached to an aromatic ring is 1. The topological polar surface area (TPSA) is 119 Å². The number of nitrogens with one attached hydrogen (secondary N) is 2. The summed E-state index contributed by atoms with van der Waals surface area (Å²) in [5, 5.41) is 2.63. The number of benzene rings is 2. The highest BCUT2D eigenvalue weighted by atomic mass is 19.1. The van der Waals surface area contributed by atoms with Crippen LogP contribution in [0, 0.1) is 17.5 Å². The predicted molar refractivity (Wildman–Crippen MR) is 138 cm³/mol. The number of halogens is 3. The van der Waals surface area contributed by atoms with E-state index in [1.165, 1.54) is 43.0 Å². The van der Waals surface area contributed by atoms with E-state index in [0.29, 0.717) is 16.6 Å². The summed E-state index contributed by atoms with van der Waals surface area (Å²) < 4.78 is 45.3. The standard InChI is InChI=1S/C27H21F3N6O2/c1-13(2)36-10-18(14-3-5-15(28)6-4-14)24(37)19(11-36)27(38)35-22-8-20(29)16(7-21(22)30)17-9-32-26-23(17)25(31)33-12-34-26/h3-13H,1-2H3,(H,35,38)(H3,31,32,33,34). The minimum atomic E-state index is -0.932. The van der Waals surface area contributed by atoms with E-state index in [2.05, 4.69) is 20.3 Å². The van der Waals surface area contributed by atoms with Gasteiger partial charge in [-0.1, -0.05) is 12.1 Å². The largest absolute Gasteiger partial charge is 0.383 e. The Kier molecular flexibility index (Phi) is 6.19. The molecule has 38 heavy (non-hydrogen) atoms. The molecule has 3 aromatic heterocycles. The summed E-state index contributed by atoms with van der Waals surface area (Å²) in [5.74, 6) is -3.09. The molecule has 1 amide bonds. The van der Waals surface area contributed by atoms with E-state index in [1.54, 1.807) is 10.8 Å². The number of aromatic nitrogens is 4. The van der Waals surface area contributed by atoms with Gasteiger partial charge in [0.15, 0.2) is 0 Å². The van der Waals surface area contributed by atoms with E-state index in [-0.39, 0.29) is 34.1 Å². The zero-order chi connectivity index (χ0) is 27.1. The number of anilines is 2. The second kappa shape index (κ2) is 9.51. The molecule has 0 saturated carbocycles. The normalized spacial score (nSPS) is 11.3. The van der Waals surface area contributed by atoms with E-state index in [0.717, 1.165) is 12.1 Å². The van der Waals surface area contributed by atoms with Crippen molar-refractivity contribution >= 4 is 28.4 Å². The van der Waals surface area contributed by atoms with Crippen molar-refractivity contribution in [2.45, 2.75) is 19.9 Å². The van der Waals surface area contributed by atoms with Crippen LogP contribution in [0.25, 0.3) is 33.3 Å². The van der Waals surface area contributed by atoms with Crippen molar-refractivity contribution in [3.8, 4) is 22.3 Å². The van der Waals surface area contributed by atoms with Gasteiger partial charge in [0.05, 0.1) is 11.1 Å². The van der Waals surface area contributed by atoms with Crippen LogP contribution in [0.2, 0.25) is 0 Å². The van der Waals surface area contributed by atoms with Crippen molar-refractivity contribution in [1.29, 1.82) is 0 Å². The van der Waals surface area contributed by atoms with Gasteiger partial charge in [-0.25, -0.2) is 23.1 Å². The minimum absolute atomic E-state index is 0.0888. The maximum atomic E-state index is 15.2. The average Bonchev–Trinajstić information content (AvgIpc) is 3.32. The van der Waals surface area contributed by atoms with Crippen LogP contribution in [0.3, 0.4) is 0 Å². The molecule has 192 valence electrons. The summed E-state index contributed by atoms with van der Waals surface area (Å²) in [6.45, 7) is 3.69. The Hall–Kier alpha value is -4.93. The maximum Gasteiger partial charge on any atom is 0.261 e. The Labute approximate surface area is 214 Å². The van der Waals surface area contributed by atoms with Crippen molar-refractivity contribution < 1.29 is 18.0 Å². The number of nitrogens with zero attached hydrogens (tertiary/aromatic N) is 3. The lowest BCUT2D eigenvalue weighted by atomic mass is 10.0. The van der Waals surface area contributed by atoms with Crippen LogP contribution < -0.4 is 16.5 Å². The number of fused-ring (bicyclic) bond motifs is 1. The van der Waals surface area contributed by atoms with E-state index in [1.807, 2.05) is 13.8 Å². The summed E-state index contributed by atoms with van der Waals surface area (Å²) in [7, 11) is 0. The fourth-order valence-corrected chi connectivity index (χ4v) is 4.13. The van der Waals surface area contributed by atoms with Crippen molar-refractivity contribution in [2.24, 2.45) is 0 Å². The SMILES string of the molecule is CC(C)n1cc(C(=O)Nc2cc(F)c(-c3c[nH]c4ncnc(N)c34)cc2F)c(=O)c(-c2ccc(F)cc2)c1. The molecular weight excluding hydrogens is 497 g/mol. The predicted octanol–water partition coefficient (Wildman–Crippen LogP) is 5.29. The average molecular weight is 518 g/mol. The number of hydrogen-bond donors (Lipinski definition) is 3. The third-order valence-corrected chi connectivity index (χ3v) is 6.14. The van der Waals surface area contributed by atoms with Crippen LogP contribution in [-0.2, 0) is 0 Å². The maximum absolute atomic E-state index is 15.2. The number of H-pyrrole nitrogens is 1. The zero-order valence-electron chi connectivity index (χ0n) is 20.2. The lowest BCUT2D eigenvalue weighted by Gasteiger charge is -2.16. The summed E-state index contributed by atoms with van der Waals surface area (Å²) in [4.78, 5) is 37.1. The first-order valence-corrected chi connectivity index (χ1v) is 11.5. The van der Waals surface area contributed by atoms with Gasteiger partial charge in [0.1, 0.15) is 40.8 Å². The van der Waals surface area contributed by atoms with E-state index >= 15 is 8.78 Å². The van der Waals surface area contributed by atoms with Gasteiger partial charge >= 0.3 is 0 Å². The number of hydrogen-bond acceptors (Lipinski definition) is 5. The molecule has 4 N–H and O–H groups in total. The van der Waals surface area contributed by atoms with Crippen molar-refractivity contribution in [1.82, 2.24) is 19.5 Å². The van der Waals surface area contributed by atoms with Gasteiger partial charge in [-0.15, -0.1) is 0 Å². The molecular formula is C27H21F3N6O2. The Morgan fingerprint density at radius 2 is 1.74 bits per heavy atom. The van der Waals surface area contributed by atoms with Crippen LogP contribution >= 0.6 is 0 Å². The highest BCUT2D eigenvalue weighted by molar-refractivity contribution is 6.05. The Morgan fingerprint density at radius 3 is 2.45 bits per heavy atom. The second-order valence-corrected chi connectivity index (χ2v) is 8.91. The van der Waals surface area contributed by atoms with E-state index in [4.69, 9.17) is 5.73 Å². The molecule has 0 aliphatic heterocycles. The van der Waals surface area contributed by atoms with E-state index < -0.39 is 34.5 Å². The summed E-state index contributed by atoms with van der Waals surface area (Å²) in [5.41, 5.74) is 5.57. The lowest BCUT2D eigenvalue weighted by Crippen LogP contribution is -2.25. The summed E-state index contributed by atoms with van der Waals surface area (Å²) in [6, 6.07) is 6.86. The van der Waals surface area contributed by atoms with E-state index in [9.17, 15) is 14.0 Å². The monoisotopic (exact) mass is 518 g/mol. The molecule has 0 radical (unpaired) electrons.